The lowest BCUT2D eigenvalue weighted by Gasteiger charge is -2.30. The van der Waals surface area contributed by atoms with Crippen molar-refractivity contribution in [3.63, 3.8) is 0 Å². The summed E-state index contributed by atoms with van der Waals surface area (Å²) in [6.07, 6.45) is 7.43. The van der Waals surface area contributed by atoms with E-state index in [0.29, 0.717) is 6.42 Å². The molecule has 5 nitrogen and oxygen atoms in total. The Hall–Kier alpha value is -1.26. The molecule has 5 heteroatoms. The number of rotatable bonds is 5. The summed E-state index contributed by atoms with van der Waals surface area (Å²) in [7, 11) is 1.81. The normalized spacial score (nSPS) is 19.8. The van der Waals surface area contributed by atoms with Gasteiger partial charge in [-0.3, -0.25) is 4.79 Å². The fraction of sp³-hybridized carbons (Fsp3) is 0.867. The maximum Gasteiger partial charge on any atom is 0.317 e. The fourth-order valence-electron chi connectivity index (χ4n) is 2.56. The molecule has 0 aliphatic heterocycles. The molecule has 20 heavy (non-hydrogen) atoms. The van der Waals surface area contributed by atoms with E-state index in [1.807, 2.05) is 14.0 Å². The Balaban J connectivity index is 2.50. The Morgan fingerprint density at radius 3 is 2.25 bits per heavy atom. The molecule has 2 amide bonds. The van der Waals surface area contributed by atoms with Gasteiger partial charge in [-0.05, 0) is 26.2 Å². The molecule has 1 unspecified atom stereocenters. The average molecular weight is 284 g/mol. The second kappa shape index (κ2) is 7.50. The van der Waals surface area contributed by atoms with Crippen molar-refractivity contribution in [3.05, 3.63) is 0 Å². The van der Waals surface area contributed by atoms with E-state index in [4.69, 9.17) is 0 Å². The summed E-state index contributed by atoms with van der Waals surface area (Å²) in [6, 6.07) is 0.132. The molecule has 1 rings (SSSR count). The summed E-state index contributed by atoms with van der Waals surface area (Å²) >= 11 is 0. The van der Waals surface area contributed by atoms with Crippen molar-refractivity contribution >= 4 is 12.0 Å². The number of aliphatic carboxylic acids is 1. The van der Waals surface area contributed by atoms with Crippen LogP contribution in [0.3, 0.4) is 0 Å². The molecule has 1 aliphatic rings. The minimum absolute atomic E-state index is 0.155. The zero-order valence-electron chi connectivity index (χ0n) is 12.9. The van der Waals surface area contributed by atoms with Crippen LogP contribution in [0.1, 0.15) is 58.8 Å². The van der Waals surface area contributed by atoms with Gasteiger partial charge in [-0.15, -0.1) is 0 Å². The smallest absolute Gasteiger partial charge is 0.317 e. The highest BCUT2D eigenvalue weighted by molar-refractivity contribution is 5.77. The van der Waals surface area contributed by atoms with E-state index in [9.17, 15) is 14.7 Å². The minimum Gasteiger partial charge on any atom is -0.481 e. The van der Waals surface area contributed by atoms with Crippen molar-refractivity contribution < 1.29 is 14.7 Å². The highest BCUT2D eigenvalue weighted by Gasteiger charge is 2.32. The fourth-order valence-corrected chi connectivity index (χ4v) is 2.56. The van der Waals surface area contributed by atoms with Crippen molar-refractivity contribution in [2.45, 2.75) is 64.8 Å². The third kappa shape index (κ3) is 4.39. The van der Waals surface area contributed by atoms with Crippen molar-refractivity contribution in [3.8, 4) is 0 Å². The van der Waals surface area contributed by atoms with Crippen LogP contribution >= 0.6 is 0 Å². The molecule has 116 valence electrons. The lowest BCUT2D eigenvalue weighted by atomic mass is 9.88. The predicted molar refractivity (Wildman–Crippen MR) is 78.7 cm³/mol. The van der Waals surface area contributed by atoms with Gasteiger partial charge in [0.15, 0.2) is 0 Å². The molecule has 0 radical (unpaired) electrons. The van der Waals surface area contributed by atoms with Crippen LogP contribution in [0.25, 0.3) is 0 Å². The van der Waals surface area contributed by atoms with Gasteiger partial charge in [0, 0.05) is 19.6 Å². The Bertz CT molecular complexity index is 338. The number of carbonyl (C=O) groups is 2. The first-order valence-electron chi connectivity index (χ1n) is 7.65. The van der Waals surface area contributed by atoms with Gasteiger partial charge in [0.25, 0.3) is 0 Å². The predicted octanol–water partition coefficient (Wildman–Crippen LogP) is 2.85. The zero-order valence-corrected chi connectivity index (χ0v) is 12.9. The summed E-state index contributed by atoms with van der Waals surface area (Å²) < 4.78 is 0. The Labute approximate surface area is 121 Å². The van der Waals surface area contributed by atoms with Gasteiger partial charge >= 0.3 is 12.0 Å². The van der Waals surface area contributed by atoms with E-state index in [-0.39, 0.29) is 18.6 Å². The maximum atomic E-state index is 12.2. The molecule has 0 bridgehead atoms. The first kappa shape index (κ1) is 16.8. The molecule has 1 saturated carbocycles. The average Bonchev–Trinajstić information content (AvgIpc) is 2.72. The molecule has 0 heterocycles. The Morgan fingerprint density at radius 1 is 1.25 bits per heavy atom. The molecule has 2 N–H and O–H groups in total. The van der Waals surface area contributed by atoms with Crippen LogP contribution in [-0.2, 0) is 4.79 Å². The van der Waals surface area contributed by atoms with Gasteiger partial charge in [-0.2, -0.15) is 0 Å². The number of nitrogens with one attached hydrogen (secondary N) is 1. The van der Waals surface area contributed by atoms with Gasteiger partial charge in [0.2, 0.25) is 0 Å². The van der Waals surface area contributed by atoms with Gasteiger partial charge in [0.1, 0.15) is 0 Å². The van der Waals surface area contributed by atoms with Crippen molar-refractivity contribution in [2.24, 2.45) is 5.41 Å². The second-order valence-corrected chi connectivity index (χ2v) is 6.13. The highest BCUT2D eigenvalue weighted by Crippen LogP contribution is 2.22. The lowest BCUT2D eigenvalue weighted by Crippen LogP contribution is -2.48. The standard InChI is InChI=1S/C15H28N2O3/c1-4-15(2,13(18)19)11-16-14(20)17(3)12-9-7-5-6-8-10-12/h12H,4-11H2,1-3H3,(H,16,20)(H,18,19). The number of carbonyl (C=O) groups excluding carboxylic acids is 1. The van der Waals surface area contributed by atoms with E-state index in [2.05, 4.69) is 5.32 Å². The lowest BCUT2D eigenvalue weighted by molar-refractivity contribution is -0.147. The van der Waals surface area contributed by atoms with Crippen molar-refractivity contribution in [2.75, 3.05) is 13.6 Å². The third-order valence-corrected chi connectivity index (χ3v) is 4.62. The topological polar surface area (TPSA) is 69.6 Å². The molecule has 1 atom stereocenters. The summed E-state index contributed by atoms with van der Waals surface area (Å²) in [5.41, 5.74) is -0.889. The quantitative estimate of drug-likeness (QED) is 0.763. The molecule has 0 spiro atoms. The number of hydrogen-bond acceptors (Lipinski definition) is 2. The third-order valence-electron chi connectivity index (χ3n) is 4.62. The molecule has 0 aromatic rings. The minimum atomic E-state index is -0.889. The van der Waals surface area contributed by atoms with E-state index in [1.54, 1.807) is 11.8 Å². The summed E-state index contributed by atoms with van der Waals surface area (Å²) in [5, 5.41) is 12.0. The molecule has 1 aliphatic carbocycles. The first-order chi connectivity index (χ1) is 9.40. The largest absolute Gasteiger partial charge is 0.481 e. The van der Waals surface area contributed by atoms with E-state index >= 15 is 0 Å². The van der Waals surface area contributed by atoms with E-state index in [0.717, 1.165) is 12.8 Å². The first-order valence-corrected chi connectivity index (χ1v) is 7.65. The number of nitrogens with zero attached hydrogens (tertiary/aromatic N) is 1. The van der Waals surface area contributed by atoms with Gasteiger partial charge < -0.3 is 15.3 Å². The molecule has 0 aromatic heterocycles. The maximum absolute atomic E-state index is 12.2. The summed E-state index contributed by atoms with van der Waals surface area (Å²) in [4.78, 5) is 25.1. The molecule has 1 fully saturated rings. The summed E-state index contributed by atoms with van der Waals surface area (Å²) in [5.74, 6) is -0.864. The van der Waals surface area contributed by atoms with Crippen LogP contribution in [0.15, 0.2) is 0 Å². The number of amides is 2. The van der Waals surface area contributed by atoms with Crippen LogP contribution in [0.4, 0.5) is 4.79 Å². The van der Waals surface area contributed by atoms with Crippen molar-refractivity contribution in [1.82, 2.24) is 10.2 Å². The SMILES string of the molecule is CCC(C)(CNC(=O)N(C)C1CCCCCC1)C(=O)O. The van der Waals surface area contributed by atoms with Gasteiger partial charge in [0.05, 0.1) is 5.41 Å². The Morgan fingerprint density at radius 2 is 1.80 bits per heavy atom. The summed E-state index contributed by atoms with van der Waals surface area (Å²) in [6.45, 7) is 3.67. The highest BCUT2D eigenvalue weighted by atomic mass is 16.4. The molecular weight excluding hydrogens is 256 g/mol. The number of hydrogen-bond donors (Lipinski definition) is 2. The van der Waals surface area contributed by atoms with Crippen LogP contribution in [0.2, 0.25) is 0 Å². The van der Waals surface area contributed by atoms with Crippen LogP contribution in [-0.4, -0.2) is 41.6 Å². The van der Waals surface area contributed by atoms with E-state index in [1.165, 1.54) is 25.7 Å². The van der Waals surface area contributed by atoms with Gasteiger partial charge in [-0.1, -0.05) is 32.6 Å². The number of carboxylic acids is 1. The number of carboxylic acid groups (broad SMARTS) is 1. The van der Waals surface area contributed by atoms with Crippen LogP contribution in [0.5, 0.6) is 0 Å². The number of urea groups is 1. The Kier molecular flexibility index (Phi) is 6.30. The second-order valence-electron chi connectivity index (χ2n) is 6.13. The van der Waals surface area contributed by atoms with Gasteiger partial charge in [-0.25, -0.2) is 4.79 Å². The zero-order chi connectivity index (χ0) is 15.2. The van der Waals surface area contributed by atoms with Crippen LogP contribution < -0.4 is 5.32 Å². The molecular formula is C15H28N2O3. The molecule has 0 aromatic carbocycles. The molecule has 0 saturated heterocycles. The van der Waals surface area contributed by atoms with Crippen LogP contribution in [0, 0.1) is 5.41 Å². The monoisotopic (exact) mass is 284 g/mol. The van der Waals surface area contributed by atoms with Crippen molar-refractivity contribution in [1.29, 1.82) is 0 Å². The van der Waals surface area contributed by atoms with E-state index < -0.39 is 11.4 Å².